The van der Waals surface area contributed by atoms with Gasteiger partial charge in [0.1, 0.15) is 5.69 Å². The number of hydrogen-bond donors (Lipinski definition) is 3. The van der Waals surface area contributed by atoms with E-state index in [1.807, 2.05) is 25.1 Å². The average molecular weight is 467 g/mol. The largest absolute Gasteiger partial charge is 0.495 e. The molecule has 3 aromatic rings. The first-order valence-corrected chi connectivity index (χ1v) is 10.4. The zero-order valence-electron chi connectivity index (χ0n) is 17.5. The second-order valence-electron chi connectivity index (χ2n) is 7.07. The molecule has 0 fully saturated rings. The van der Waals surface area contributed by atoms with Crippen LogP contribution in [0.15, 0.2) is 59.5 Å². The fourth-order valence-corrected chi connectivity index (χ4v) is 3.76. The van der Waals surface area contributed by atoms with E-state index in [1.165, 1.54) is 24.6 Å². The van der Waals surface area contributed by atoms with Crippen LogP contribution >= 0.6 is 11.9 Å². The molecule has 0 saturated carbocycles. The molecule has 0 radical (unpaired) electrons. The number of fused-ring (bicyclic) bond motifs is 1. The van der Waals surface area contributed by atoms with Crippen molar-refractivity contribution in [2.45, 2.75) is 26.1 Å². The summed E-state index contributed by atoms with van der Waals surface area (Å²) in [4.78, 5) is 7.55. The highest BCUT2D eigenvalue weighted by Gasteiger charge is 2.29. The number of rotatable bonds is 7. The van der Waals surface area contributed by atoms with Gasteiger partial charge in [-0.2, -0.15) is 23.0 Å². The number of nitrogens with one attached hydrogen (secondary N) is 2. The molecule has 32 heavy (non-hydrogen) atoms. The third-order valence-electron chi connectivity index (χ3n) is 4.61. The smallest absolute Gasteiger partial charge is 0.471 e. The number of hydrazine groups is 1. The van der Waals surface area contributed by atoms with Crippen molar-refractivity contribution < 1.29 is 22.7 Å². The number of alkyl halides is 3. The lowest BCUT2D eigenvalue weighted by Crippen LogP contribution is -2.40. The Labute approximate surface area is 186 Å². The lowest BCUT2D eigenvalue weighted by atomic mass is 9.98. The summed E-state index contributed by atoms with van der Waals surface area (Å²) in [6.07, 6.45) is 0.853. The second kappa shape index (κ2) is 9.76. The van der Waals surface area contributed by atoms with Crippen molar-refractivity contribution in [3.05, 3.63) is 70.9 Å². The Morgan fingerprint density at radius 3 is 2.56 bits per heavy atom. The van der Waals surface area contributed by atoms with E-state index in [0.717, 1.165) is 21.9 Å². The molecule has 0 aliphatic heterocycles. The van der Waals surface area contributed by atoms with Crippen LogP contribution in [-0.2, 0) is 0 Å². The minimum absolute atomic E-state index is 0.0256. The monoisotopic (exact) mass is 466 g/mol. The van der Waals surface area contributed by atoms with Crippen molar-refractivity contribution >= 4 is 23.0 Å². The Hall–Kier alpha value is -2.82. The lowest BCUT2D eigenvalue weighted by Gasteiger charge is -2.19. The summed E-state index contributed by atoms with van der Waals surface area (Å²) in [5.74, 6) is -0.618. The first kappa shape index (κ1) is 23.8. The first-order chi connectivity index (χ1) is 15.1. The van der Waals surface area contributed by atoms with E-state index in [-0.39, 0.29) is 17.5 Å². The van der Waals surface area contributed by atoms with Crippen LogP contribution in [0.1, 0.15) is 25.3 Å². The average Bonchev–Trinajstić information content (AvgIpc) is 3.07. The van der Waals surface area contributed by atoms with E-state index in [1.54, 1.807) is 31.2 Å². The molecule has 0 bridgehead atoms. The molecular weight excluding hydrogens is 444 g/mol. The number of halogens is 4. The summed E-state index contributed by atoms with van der Waals surface area (Å²) in [6, 6.07) is 9.94. The lowest BCUT2D eigenvalue weighted by molar-refractivity contribution is -0.180. The van der Waals surface area contributed by atoms with Crippen molar-refractivity contribution in [2.75, 3.05) is 7.05 Å². The van der Waals surface area contributed by atoms with Gasteiger partial charge in [0.2, 0.25) is 0 Å². The normalized spacial score (nSPS) is 14.1. The maximum atomic E-state index is 14.5. The van der Waals surface area contributed by atoms with Crippen LogP contribution in [0.5, 0.6) is 5.88 Å². The number of pyridine rings is 1. The number of aromatic nitrogens is 2. The molecular formula is C22H22F4N4OS. The SMILES string of the molecule is C/C=C(\C=C/C(C)c1ccc(-c2nc3cc(O)[nH]c3cc2F)cc1)SN(C)NC(F)(F)F. The highest BCUT2D eigenvalue weighted by molar-refractivity contribution is 8.01. The Balaban J connectivity index is 1.71. The van der Waals surface area contributed by atoms with E-state index in [9.17, 15) is 22.7 Å². The van der Waals surface area contributed by atoms with E-state index >= 15 is 0 Å². The van der Waals surface area contributed by atoms with Crippen molar-refractivity contribution in [1.29, 1.82) is 0 Å². The fraction of sp³-hybridized carbons (Fsp3) is 0.227. The molecule has 170 valence electrons. The van der Waals surface area contributed by atoms with Crippen LogP contribution in [0.3, 0.4) is 0 Å². The molecule has 1 unspecified atom stereocenters. The number of aromatic amines is 1. The molecule has 1 atom stereocenters. The summed E-state index contributed by atoms with van der Waals surface area (Å²) < 4.78 is 52.6. The van der Waals surface area contributed by atoms with Crippen LogP contribution in [0.4, 0.5) is 17.6 Å². The van der Waals surface area contributed by atoms with Crippen LogP contribution in [0, 0.1) is 5.82 Å². The minimum Gasteiger partial charge on any atom is -0.495 e. The maximum Gasteiger partial charge on any atom is 0.471 e. The molecule has 3 N–H and O–H groups in total. The molecule has 0 spiro atoms. The van der Waals surface area contributed by atoms with Crippen LogP contribution in [0.25, 0.3) is 22.3 Å². The Morgan fingerprint density at radius 2 is 1.94 bits per heavy atom. The summed E-state index contributed by atoms with van der Waals surface area (Å²) in [6.45, 7) is 3.70. The van der Waals surface area contributed by atoms with E-state index in [2.05, 4.69) is 9.97 Å². The minimum atomic E-state index is -4.50. The highest BCUT2D eigenvalue weighted by Crippen LogP contribution is 2.29. The Bertz CT molecular complexity index is 1140. The summed E-state index contributed by atoms with van der Waals surface area (Å²) in [7, 11) is 1.29. The Morgan fingerprint density at radius 1 is 1.25 bits per heavy atom. The fourth-order valence-electron chi connectivity index (χ4n) is 3.05. The van der Waals surface area contributed by atoms with Gasteiger partial charge in [-0.15, -0.1) is 0 Å². The standard InChI is InChI=1S/C22H22F4N4OS/c1-4-16(32-30(3)29-22(24,25)26)10-5-13(2)14-6-8-15(9-7-14)21-17(23)11-18-19(28-21)12-20(31)27-18/h4-13,27,29,31H,1-3H3/b10-5-,16-4+. The molecule has 0 aliphatic rings. The highest BCUT2D eigenvalue weighted by atomic mass is 32.2. The van der Waals surface area contributed by atoms with Gasteiger partial charge in [-0.1, -0.05) is 49.4 Å². The molecule has 5 nitrogen and oxygen atoms in total. The quantitative estimate of drug-likeness (QED) is 0.126. The summed E-state index contributed by atoms with van der Waals surface area (Å²) >= 11 is 0.919. The molecule has 0 amide bonds. The number of benzene rings is 1. The second-order valence-corrected chi connectivity index (χ2v) is 8.27. The molecule has 2 heterocycles. The first-order valence-electron chi connectivity index (χ1n) is 9.65. The van der Waals surface area contributed by atoms with Gasteiger partial charge in [0.15, 0.2) is 11.7 Å². The summed E-state index contributed by atoms with van der Waals surface area (Å²) in [5, 5.41) is 9.53. The van der Waals surface area contributed by atoms with Crippen LogP contribution in [0.2, 0.25) is 0 Å². The van der Waals surface area contributed by atoms with Crippen molar-refractivity contribution in [3.63, 3.8) is 0 Å². The van der Waals surface area contributed by atoms with Crippen molar-refractivity contribution in [2.24, 2.45) is 0 Å². The third kappa shape index (κ3) is 6.12. The van der Waals surface area contributed by atoms with E-state index in [0.29, 0.717) is 21.5 Å². The molecule has 2 aromatic heterocycles. The number of allylic oxidation sites excluding steroid dienone is 3. The van der Waals surface area contributed by atoms with Gasteiger partial charge in [-0.05, 0) is 30.4 Å². The van der Waals surface area contributed by atoms with Gasteiger partial charge in [0.05, 0.1) is 11.0 Å². The van der Waals surface area contributed by atoms with Gasteiger partial charge in [-0.3, -0.25) is 0 Å². The van der Waals surface area contributed by atoms with Gasteiger partial charge in [0.25, 0.3) is 0 Å². The molecule has 0 saturated heterocycles. The summed E-state index contributed by atoms with van der Waals surface area (Å²) in [5.41, 5.74) is 4.00. The van der Waals surface area contributed by atoms with Gasteiger partial charge in [0, 0.05) is 29.6 Å². The zero-order valence-corrected chi connectivity index (χ0v) is 18.4. The van der Waals surface area contributed by atoms with Gasteiger partial charge >= 0.3 is 6.30 Å². The molecule has 3 rings (SSSR count). The van der Waals surface area contributed by atoms with Gasteiger partial charge < -0.3 is 10.1 Å². The van der Waals surface area contributed by atoms with E-state index in [4.69, 9.17) is 0 Å². The third-order valence-corrected chi connectivity index (χ3v) is 5.56. The maximum absolute atomic E-state index is 14.5. The zero-order chi connectivity index (χ0) is 23.5. The predicted molar refractivity (Wildman–Crippen MR) is 119 cm³/mol. The number of nitrogens with zero attached hydrogens (tertiary/aromatic N) is 2. The van der Waals surface area contributed by atoms with Crippen LogP contribution in [-0.4, -0.2) is 32.8 Å². The van der Waals surface area contributed by atoms with Crippen molar-refractivity contribution in [1.82, 2.24) is 19.8 Å². The Kier molecular flexibility index (Phi) is 7.27. The number of H-pyrrole nitrogens is 1. The number of hydrogen-bond acceptors (Lipinski definition) is 5. The van der Waals surface area contributed by atoms with Gasteiger partial charge in [-0.25, -0.2) is 9.37 Å². The number of aromatic hydroxyl groups is 1. The molecule has 0 aliphatic carbocycles. The van der Waals surface area contributed by atoms with E-state index < -0.39 is 12.1 Å². The topological polar surface area (TPSA) is 64.2 Å². The predicted octanol–water partition coefficient (Wildman–Crippen LogP) is 6.24. The molecule has 10 heteroatoms. The van der Waals surface area contributed by atoms with Crippen molar-refractivity contribution in [3.8, 4) is 17.1 Å². The van der Waals surface area contributed by atoms with Crippen LogP contribution < -0.4 is 5.43 Å². The molecule has 1 aromatic carbocycles.